The quantitative estimate of drug-likeness (QED) is 0.778. The van der Waals surface area contributed by atoms with Gasteiger partial charge in [-0.25, -0.2) is 9.78 Å². The first-order valence-electron chi connectivity index (χ1n) is 7.99. The first-order chi connectivity index (χ1) is 11.6. The van der Waals surface area contributed by atoms with Crippen LogP contribution in [0.15, 0.2) is 17.4 Å². The molecule has 1 saturated heterocycles. The highest BCUT2D eigenvalue weighted by Crippen LogP contribution is 2.13. The summed E-state index contributed by atoms with van der Waals surface area (Å²) in [6, 6.07) is 0. The lowest BCUT2D eigenvalue weighted by Crippen LogP contribution is -2.49. The summed E-state index contributed by atoms with van der Waals surface area (Å²) in [5.74, 6) is 0.503. The van der Waals surface area contributed by atoms with E-state index in [2.05, 4.69) is 16.5 Å². The number of hydrogen-bond donors (Lipinski definition) is 1. The number of rotatable bonds is 6. The summed E-state index contributed by atoms with van der Waals surface area (Å²) in [4.78, 5) is 35.0. The minimum atomic E-state index is -0.306. The zero-order chi connectivity index (χ0) is 17.5. The molecule has 1 N–H and O–H groups in total. The molecule has 1 aromatic rings. The number of piperazine rings is 1. The van der Waals surface area contributed by atoms with Crippen molar-refractivity contribution in [3.05, 3.63) is 34.3 Å². The maximum absolute atomic E-state index is 12.3. The monoisotopic (exact) mass is 336 g/mol. The normalized spacial score (nSPS) is 14.6. The number of allylic oxidation sites excluding steroid dienone is 1. The van der Waals surface area contributed by atoms with Crippen LogP contribution in [0.4, 0.5) is 10.7 Å². The van der Waals surface area contributed by atoms with Gasteiger partial charge in [-0.05, 0) is 13.3 Å². The predicted octanol–water partition coefficient (Wildman–Crippen LogP) is 0.923. The number of nitrogens with one attached hydrogen (secondary N) is 1. The number of aromatic nitrogens is 2. The van der Waals surface area contributed by atoms with Crippen LogP contribution in [-0.4, -0.2) is 60.9 Å². The number of carbonyl (C=O) groups is 1. The van der Waals surface area contributed by atoms with E-state index in [0.717, 1.165) is 0 Å². The number of methoxy groups -OCH3 is 1. The van der Waals surface area contributed by atoms with Crippen LogP contribution in [0.25, 0.3) is 0 Å². The number of carbonyl (C=O) groups excluding carboxylic acids is 1. The summed E-state index contributed by atoms with van der Waals surface area (Å²) in [5, 5.41) is 0. The van der Waals surface area contributed by atoms with E-state index in [1.54, 1.807) is 25.0 Å². The van der Waals surface area contributed by atoms with Crippen LogP contribution in [0.3, 0.4) is 0 Å². The van der Waals surface area contributed by atoms with E-state index in [1.165, 1.54) is 0 Å². The van der Waals surface area contributed by atoms with Gasteiger partial charge < -0.3 is 19.3 Å². The van der Waals surface area contributed by atoms with Crippen LogP contribution in [0.2, 0.25) is 0 Å². The molecule has 0 bridgehead atoms. The lowest BCUT2D eigenvalue weighted by atomic mass is 10.1. The minimum Gasteiger partial charge on any atom is -0.450 e. The summed E-state index contributed by atoms with van der Waals surface area (Å²) < 4.78 is 10.2. The topological polar surface area (TPSA) is 87.8 Å². The lowest BCUT2D eigenvalue weighted by molar-refractivity contribution is 0.105. The van der Waals surface area contributed by atoms with Crippen molar-refractivity contribution < 1.29 is 14.3 Å². The molecule has 1 aliphatic heterocycles. The van der Waals surface area contributed by atoms with E-state index < -0.39 is 0 Å². The van der Waals surface area contributed by atoms with Crippen LogP contribution in [0.5, 0.6) is 0 Å². The summed E-state index contributed by atoms with van der Waals surface area (Å²) in [6.07, 6.45) is 1.81. The van der Waals surface area contributed by atoms with E-state index >= 15 is 0 Å². The molecular weight excluding hydrogens is 312 g/mol. The Balaban J connectivity index is 2.14. The van der Waals surface area contributed by atoms with Gasteiger partial charge >= 0.3 is 6.09 Å². The average molecular weight is 336 g/mol. The molecule has 0 atom stereocenters. The third-order valence-corrected chi connectivity index (χ3v) is 3.82. The van der Waals surface area contributed by atoms with Crippen LogP contribution in [0, 0.1) is 0 Å². The van der Waals surface area contributed by atoms with Crippen molar-refractivity contribution in [2.75, 3.05) is 44.8 Å². The first kappa shape index (κ1) is 18.0. The molecule has 0 aliphatic carbocycles. The largest absolute Gasteiger partial charge is 0.450 e. The van der Waals surface area contributed by atoms with Crippen molar-refractivity contribution in [2.24, 2.45) is 0 Å². The number of nitrogens with zero attached hydrogens (tertiary/aromatic N) is 3. The van der Waals surface area contributed by atoms with Gasteiger partial charge in [0.15, 0.2) is 0 Å². The molecule has 1 aliphatic rings. The van der Waals surface area contributed by atoms with Gasteiger partial charge in [-0.3, -0.25) is 9.78 Å². The molecule has 24 heavy (non-hydrogen) atoms. The van der Waals surface area contributed by atoms with Gasteiger partial charge in [0, 0.05) is 38.9 Å². The number of ether oxygens (including phenoxy) is 2. The molecule has 0 saturated carbocycles. The molecular formula is C16H24N4O4. The number of H-pyrrole nitrogens is 1. The molecule has 2 rings (SSSR count). The standard InChI is InChI=1S/C16H24N4O4/c1-4-6-12-13(11-23-3)17-15(18-14(12)21)19-7-9-20(10-8-19)16(22)24-5-2/h4H,1,5-11H2,2-3H3,(H,17,18,21). The number of aromatic amines is 1. The molecule has 1 aromatic heterocycles. The van der Waals surface area contributed by atoms with Crippen LogP contribution < -0.4 is 10.5 Å². The third-order valence-electron chi connectivity index (χ3n) is 3.82. The maximum Gasteiger partial charge on any atom is 0.409 e. The molecule has 8 heteroatoms. The predicted molar refractivity (Wildman–Crippen MR) is 90.3 cm³/mol. The smallest absolute Gasteiger partial charge is 0.409 e. The summed E-state index contributed by atoms with van der Waals surface area (Å²) in [7, 11) is 1.57. The van der Waals surface area contributed by atoms with Crippen LogP contribution >= 0.6 is 0 Å². The van der Waals surface area contributed by atoms with E-state index in [1.807, 2.05) is 4.90 Å². The second kappa shape index (κ2) is 8.49. The Morgan fingerprint density at radius 1 is 1.38 bits per heavy atom. The molecule has 0 radical (unpaired) electrons. The Morgan fingerprint density at radius 2 is 2.08 bits per heavy atom. The van der Waals surface area contributed by atoms with Gasteiger partial charge in [0.05, 0.1) is 18.9 Å². The average Bonchev–Trinajstić information content (AvgIpc) is 2.58. The Bertz CT molecular complexity index is 635. The van der Waals surface area contributed by atoms with Crippen LogP contribution in [0.1, 0.15) is 18.2 Å². The lowest BCUT2D eigenvalue weighted by Gasteiger charge is -2.34. The van der Waals surface area contributed by atoms with Gasteiger partial charge in [-0.1, -0.05) is 6.08 Å². The summed E-state index contributed by atoms with van der Waals surface area (Å²) in [6.45, 7) is 8.28. The van der Waals surface area contributed by atoms with Gasteiger partial charge in [-0.2, -0.15) is 0 Å². The van der Waals surface area contributed by atoms with Gasteiger partial charge in [0.1, 0.15) is 0 Å². The number of hydrogen-bond acceptors (Lipinski definition) is 6. The second-order valence-electron chi connectivity index (χ2n) is 5.41. The van der Waals surface area contributed by atoms with E-state index in [9.17, 15) is 9.59 Å². The molecule has 8 nitrogen and oxygen atoms in total. The molecule has 0 aromatic carbocycles. The third kappa shape index (κ3) is 4.14. The van der Waals surface area contributed by atoms with Crippen molar-refractivity contribution in [1.82, 2.24) is 14.9 Å². The summed E-state index contributed by atoms with van der Waals surface area (Å²) in [5.41, 5.74) is 1.00. The van der Waals surface area contributed by atoms with Crippen molar-refractivity contribution >= 4 is 12.0 Å². The van der Waals surface area contributed by atoms with Gasteiger partial charge in [-0.15, -0.1) is 6.58 Å². The zero-order valence-electron chi connectivity index (χ0n) is 14.2. The fraction of sp³-hybridized carbons (Fsp3) is 0.562. The molecule has 1 amide bonds. The van der Waals surface area contributed by atoms with Gasteiger partial charge in [0.25, 0.3) is 5.56 Å². The van der Waals surface area contributed by atoms with Crippen molar-refractivity contribution in [2.45, 2.75) is 20.0 Å². The zero-order valence-corrected chi connectivity index (χ0v) is 14.2. The molecule has 0 unspecified atom stereocenters. The highest BCUT2D eigenvalue weighted by atomic mass is 16.6. The molecule has 0 spiro atoms. The maximum atomic E-state index is 12.3. The number of anilines is 1. The second-order valence-corrected chi connectivity index (χ2v) is 5.41. The number of amides is 1. The SMILES string of the molecule is C=CCc1c(COC)nc(N2CCN(C(=O)OCC)CC2)[nH]c1=O. The van der Waals surface area contributed by atoms with E-state index in [-0.39, 0.29) is 18.3 Å². The van der Waals surface area contributed by atoms with Crippen molar-refractivity contribution in [3.8, 4) is 0 Å². The van der Waals surface area contributed by atoms with Crippen LogP contribution in [-0.2, 0) is 22.5 Å². The van der Waals surface area contributed by atoms with Gasteiger partial charge in [0.2, 0.25) is 5.95 Å². The van der Waals surface area contributed by atoms with Crippen molar-refractivity contribution in [3.63, 3.8) is 0 Å². The van der Waals surface area contributed by atoms with E-state index in [4.69, 9.17) is 9.47 Å². The molecule has 1 fully saturated rings. The van der Waals surface area contributed by atoms with Crippen molar-refractivity contribution in [1.29, 1.82) is 0 Å². The first-order valence-corrected chi connectivity index (χ1v) is 7.99. The fourth-order valence-corrected chi connectivity index (χ4v) is 2.61. The Labute approximate surface area is 141 Å². The highest BCUT2D eigenvalue weighted by molar-refractivity contribution is 5.68. The molecule has 132 valence electrons. The summed E-state index contributed by atoms with van der Waals surface area (Å²) >= 11 is 0. The Kier molecular flexibility index (Phi) is 6.36. The Morgan fingerprint density at radius 3 is 2.67 bits per heavy atom. The van der Waals surface area contributed by atoms with E-state index in [0.29, 0.717) is 56.4 Å². The minimum absolute atomic E-state index is 0.181. The highest BCUT2D eigenvalue weighted by Gasteiger charge is 2.24. The fourth-order valence-electron chi connectivity index (χ4n) is 2.61. The molecule has 2 heterocycles. The Hall–Kier alpha value is -2.35.